The number of hydrogen-bond acceptors (Lipinski definition) is 6. The van der Waals surface area contributed by atoms with Crippen molar-refractivity contribution < 1.29 is 14.4 Å². The lowest BCUT2D eigenvalue weighted by Crippen LogP contribution is -2.41. The Morgan fingerprint density at radius 1 is 1.56 bits per heavy atom. The van der Waals surface area contributed by atoms with Crippen LogP contribution in [0.15, 0.2) is 0 Å². The van der Waals surface area contributed by atoms with E-state index < -0.39 is 17.9 Å². The number of carbonyl (C=O) groups excluding carboxylic acids is 3. The second-order valence-electron chi connectivity index (χ2n) is 3.26. The van der Waals surface area contributed by atoms with E-state index in [1.165, 1.54) is 7.05 Å². The van der Waals surface area contributed by atoms with Gasteiger partial charge in [-0.3, -0.25) is 19.3 Å². The third-order valence-corrected chi connectivity index (χ3v) is 2.24. The molecule has 1 aromatic heterocycles. The summed E-state index contributed by atoms with van der Waals surface area (Å²) >= 11 is 0. The van der Waals surface area contributed by atoms with Crippen molar-refractivity contribution in [2.24, 2.45) is 0 Å². The zero-order valence-electron chi connectivity index (χ0n) is 8.30. The number of likely N-dealkylation sites (N-methyl/N-ethyl adjacent to an activating group) is 1. The van der Waals surface area contributed by atoms with Crippen molar-refractivity contribution in [2.75, 3.05) is 7.05 Å². The number of amides is 3. The van der Waals surface area contributed by atoms with Gasteiger partial charge < -0.3 is 5.32 Å². The standard InChI is InChI=1S/C7H8N6O3/c1-13-4(14)2-3(7(13)16)8-6(15)5-9-11-12-10-5/h3H,2H2,1H3,(H,8,15)(H,9,10,11,12). The van der Waals surface area contributed by atoms with Crippen LogP contribution in [-0.4, -0.2) is 56.3 Å². The van der Waals surface area contributed by atoms with Crippen molar-refractivity contribution >= 4 is 17.7 Å². The molecular weight excluding hydrogens is 216 g/mol. The van der Waals surface area contributed by atoms with Gasteiger partial charge in [0.2, 0.25) is 5.91 Å². The van der Waals surface area contributed by atoms with E-state index in [2.05, 4.69) is 25.9 Å². The number of aromatic amines is 1. The number of rotatable bonds is 2. The first-order valence-corrected chi connectivity index (χ1v) is 4.44. The Labute approximate surface area is 89.2 Å². The van der Waals surface area contributed by atoms with Crippen LogP contribution in [0, 0.1) is 0 Å². The van der Waals surface area contributed by atoms with E-state index in [-0.39, 0.29) is 18.2 Å². The van der Waals surface area contributed by atoms with Crippen molar-refractivity contribution in [1.82, 2.24) is 30.8 Å². The van der Waals surface area contributed by atoms with Gasteiger partial charge >= 0.3 is 0 Å². The molecule has 3 amide bonds. The number of hydrogen-bond donors (Lipinski definition) is 2. The molecule has 0 radical (unpaired) electrons. The van der Waals surface area contributed by atoms with Crippen molar-refractivity contribution in [2.45, 2.75) is 12.5 Å². The monoisotopic (exact) mass is 224 g/mol. The lowest BCUT2D eigenvalue weighted by Gasteiger charge is -2.08. The number of nitrogens with zero attached hydrogens (tertiary/aromatic N) is 4. The SMILES string of the molecule is CN1C(=O)CC(NC(=O)c2nn[nH]n2)C1=O. The maximum atomic E-state index is 11.4. The molecule has 0 spiro atoms. The first-order valence-electron chi connectivity index (χ1n) is 4.44. The predicted molar refractivity (Wildman–Crippen MR) is 47.8 cm³/mol. The number of aromatic nitrogens is 4. The average molecular weight is 224 g/mol. The van der Waals surface area contributed by atoms with Gasteiger partial charge in [-0.2, -0.15) is 5.21 Å². The molecule has 0 aliphatic carbocycles. The molecule has 1 aliphatic rings. The van der Waals surface area contributed by atoms with E-state index in [1.807, 2.05) is 0 Å². The molecule has 9 nitrogen and oxygen atoms in total. The molecule has 1 aliphatic heterocycles. The first kappa shape index (κ1) is 10.2. The number of nitrogens with one attached hydrogen (secondary N) is 2. The van der Waals surface area contributed by atoms with Crippen molar-refractivity contribution in [3.05, 3.63) is 5.82 Å². The number of likely N-dealkylation sites (tertiary alicyclic amines) is 1. The van der Waals surface area contributed by atoms with Crippen molar-refractivity contribution in [3.63, 3.8) is 0 Å². The van der Waals surface area contributed by atoms with E-state index in [9.17, 15) is 14.4 Å². The molecule has 2 N–H and O–H groups in total. The Balaban J connectivity index is 2.04. The van der Waals surface area contributed by atoms with Crippen LogP contribution in [0.4, 0.5) is 0 Å². The molecule has 0 saturated carbocycles. The second-order valence-corrected chi connectivity index (χ2v) is 3.26. The van der Waals surface area contributed by atoms with E-state index >= 15 is 0 Å². The van der Waals surface area contributed by atoms with Gasteiger partial charge in [0, 0.05) is 7.05 Å². The van der Waals surface area contributed by atoms with Crippen LogP contribution >= 0.6 is 0 Å². The van der Waals surface area contributed by atoms with Gasteiger partial charge in [-0.1, -0.05) is 0 Å². The van der Waals surface area contributed by atoms with Crippen LogP contribution in [0.3, 0.4) is 0 Å². The number of H-pyrrole nitrogens is 1. The number of imide groups is 1. The van der Waals surface area contributed by atoms with Gasteiger partial charge in [0.15, 0.2) is 0 Å². The van der Waals surface area contributed by atoms with Gasteiger partial charge in [0.1, 0.15) is 6.04 Å². The summed E-state index contributed by atoms with van der Waals surface area (Å²) in [5.74, 6) is -1.59. The molecule has 1 aromatic rings. The van der Waals surface area contributed by atoms with E-state index in [0.29, 0.717) is 0 Å². The Bertz CT molecular complexity index is 441. The molecule has 1 fully saturated rings. The van der Waals surface area contributed by atoms with E-state index in [0.717, 1.165) is 4.90 Å². The fourth-order valence-electron chi connectivity index (χ4n) is 1.35. The summed E-state index contributed by atoms with van der Waals surface area (Å²) in [7, 11) is 1.37. The molecule has 16 heavy (non-hydrogen) atoms. The first-order chi connectivity index (χ1) is 7.59. The quantitative estimate of drug-likeness (QED) is 0.544. The molecule has 84 valence electrons. The average Bonchev–Trinajstić information content (AvgIpc) is 2.85. The Morgan fingerprint density at radius 3 is 2.81 bits per heavy atom. The molecule has 9 heteroatoms. The number of tetrazole rings is 1. The van der Waals surface area contributed by atoms with Gasteiger partial charge in [0.05, 0.1) is 6.42 Å². The molecule has 2 rings (SSSR count). The Kier molecular flexibility index (Phi) is 2.35. The smallest absolute Gasteiger partial charge is 0.293 e. The van der Waals surface area contributed by atoms with Gasteiger partial charge in [-0.05, 0) is 5.21 Å². The van der Waals surface area contributed by atoms with Crippen LogP contribution in [0.5, 0.6) is 0 Å². The summed E-state index contributed by atoms with van der Waals surface area (Å²) in [5, 5.41) is 14.6. The molecule has 0 aromatic carbocycles. The zero-order chi connectivity index (χ0) is 11.7. The molecule has 1 unspecified atom stereocenters. The van der Waals surface area contributed by atoms with Crippen LogP contribution < -0.4 is 5.32 Å². The van der Waals surface area contributed by atoms with Gasteiger partial charge in [0.25, 0.3) is 17.6 Å². The maximum Gasteiger partial charge on any atom is 0.293 e. The summed E-state index contributed by atoms with van der Waals surface area (Å²) in [4.78, 5) is 35.0. The highest BCUT2D eigenvalue weighted by atomic mass is 16.2. The fraction of sp³-hybridized carbons (Fsp3) is 0.429. The summed E-state index contributed by atoms with van der Waals surface area (Å²) in [6, 6.07) is -0.844. The third kappa shape index (κ3) is 1.62. The van der Waals surface area contributed by atoms with Gasteiger partial charge in [-0.15, -0.1) is 10.2 Å². The van der Waals surface area contributed by atoms with Crippen molar-refractivity contribution in [1.29, 1.82) is 0 Å². The van der Waals surface area contributed by atoms with Crippen LogP contribution in [0.2, 0.25) is 0 Å². The Hall–Kier alpha value is -2.32. The lowest BCUT2D eigenvalue weighted by atomic mass is 10.2. The van der Waals surface area contributed by atoms with Gasteiger partial charge in [-0.25, -0.2) is 0 Å². The highest BCUT2D eigenvalue weighted by molar-refractivity contribution is 6.07. The minimum absolute atomic E-state index is 0.0427. The lowest BCUT2D eigenvalue weighted by molar-refractivity contribution is -0.137. The summed E-state index contributed by atoms with van der Waals surface area (Å²) in [5.41, 5.74) is 0. The highest BCUT2D eigenvalue weighted by Gasteiger charge is 2.37. The topological polar surface area (TPSA) is 121 Å². The normalized spacial score (nSPS) is 20.3. The summed E-state index contributed by atoms with van der Waals surface area (Å²) in [6.07, 6.45) is -0.0427. The summed E-state index contributed by atoms with van der Waals surface area (Å²) in [6.45, 7) is 0. The van der Waals surface area contributed by atoms with E-state index in [1.54, 1.807) is 0 Å². The molecule has 0 bridgehead atoms. The molecular formula is C7H8N6O3. The fourth-order valence-corrected chi connectivity index (χ4v) is 1.35. The van der Waals surface area contributed by atoms with E-state index in [4.69, 9.17) is 0 Å². The second kappa shape index (κ2) is 3.68. The largest absolute Gasteiger partial charge is 0.337 e. The van der Waals surface area contributed by atoms with Crippen LogP contribution in [-0.2, 0) is 9.59 Å². The number of carbonyl (C=O) groups is 3. The van der Waals surface area contributed by atoms with Crippen LogP contribution in [0.25, 0.3) is 0 Å². The maximum absolute atomic E-state index is 11.4. The highest BCUT2D eigenvalue weighted by Crippen LogP contribution is 2.10. The predicted octanol–water partition coefficient (Wildman–Crippen LogP) is -2.31. The minimum atomic E-state index is -0.844. The molecule has 2 heterocycles. The van der Waals surface area contributed by atoms with Crippen molar-refractivity contribution in [3.8, 4) is 0 Å². The summed E-state index contributed by atoms with van der Waals surface area (Å²) < 4.78 is 0. The molecule has 1 saturated heterocycles. The molecule has 1 atom stereocenters. The minimum Gasteiger partial charge on any atom is -0.337 e. The zero-order valence-corrected chi connectivity index (χ0v) is 8.30. The van der Waals surface area contributed by atoms with Crippen LogP contribution in [0.1, 0.15) is 17.0 Å². The third-order valence-electron chi connectivity index (χ3n) is 2.24. The Morgan fingerprint density at radius 2 is 2.31 bits per heavy atom.